The van der Waals surface area contributed by atoms with Gasteiger partial charge in [0.25, 0.3) is 0 Å². The molecule has 3 rings (SSSR count). The smallest absolute Gasteiger partial charge is 0.183 e. The number of carbonyl (C=O) groups is 1. The van der Waals surface area contributed by atoms with Crippen LogP contribution in [0, 0.1) is 0 Å². The van der Waals surface area contributed by atoms with E-state index < -0.39 is 0 Å². The molecule has 0 spiro atoms. The molecule has 2 heterocycles. The number of piperazine rings is 1. The zero-order valence-corrected chi connectivity index (χ0v) is 11.9. The summed E-state index contributed by atoms with van der Waals surface area (Å²) in [7, 11) is 4.09. The van der Waals surface area contributed by atoms with Crippen LogP contribution in [0.1, 0.15) is 10.4 Å². The quantitative estimate of drug-likeness (QED) is 0.777. The van der Waals surface area contributed by atoms with E-state index in [1.54, 1.807) is 6.20 Å². The number of nitrogens with zero attached hydrogens (tertiary/aromatic N) is 3. The first-order valence-electron chi connectivity index (χ1n) is 6.93. The highest BCUT2D eigenvalue weighted by Crippen LogP contribution is 2.20. The standard InChI is InChI=1S/C16H19N3O/c1-18-9-10-19(2)14(11-18)16(20)13-7-3-5-12-6-4-8-17-15(12)13/h3-8,14H,9-11H2,1-2H3. The Kier molecular flexibility index (Phi) is 3.51. The number of pyridine rings is 1. The number of ketones is 1. The van der Waals surface area contributed by atoms with Crippen LogP contribution in [0.25, 0.3) is 10.9 Å². The summed E-state index contributed by atoms with van der Waals surface area (Å²) in [4.78, 5) is 21.6. The lowest BCUT2D eigenvalue weighted by Crippen LogP contribution is -2.53. The molecule has 0 amide bonds. The SMILES string of the molecule is CN1CCN(C)C(C(=O)c2cccc3cccnc23)C1. The van der Waals surface area contributed by atoms with Crippen molar-refractivity contribution in [3.05, 3.63) is 42.1 Å². The molecule has 4 nitrogen and oxygen atoms in total. The minimum Gasteiger partial charge on any atom is -0.303 e. The van der Waals surface area contributed by atoms with Gasteiger partial charge in [0.15, 0.2) is 5.78 Å². The van der Waals surface area contributed by atoms with Crippen LogP contribution in [0.4, 0.5) is 0 Å². The van der Waals surface area contributed by atoms with E-state index in [0.717, 1.165) is 36.1 Å². The lowest BCUT2D eigenvalue weighted by atomic mass is 9.98. The van der Waals surface area contributed by atoms with Crippen molar-refractivity contribution in [3.8, 4) is 0 Å². The normalized spacial score (nSPS) is 21.2. The summed E-state index contributed by atoms with van der Waals surface area (Å²) in [5.74, 6) is 0.170. The number of rotatable bonds is 2. The van der Waals surface area contributed by atoms with Crippen LogP contribution in [0.3, 0.4) is 0 Å². The van der Waals surface area contributed by atoms with Gasteiger partial charge in [-0.2, -0.15) is 0 Å². The second kappa shape index (κ2) is 5.31. The Morgan fingerprint density at radius 1 is 1.20 bits per heavy atom. The second-order valence-electron chi connectivity index (χ2n) is 5.50. The molecule has 4 heteroatoms. The Balaban J connectivity index is 2.00. The summed E-state index contributed by atoms with van der Waals surface area (Å²) in [6.07, 6.45) is 1.75. The van der Waals surface area contributed by atoms with E-state index in [0.29, 0.717) is 0 Å². The average Bonchev–Trinajstić information content (AvgIpc) is 2.48. The van der Waals surface area contributed by atoms with Crippen LogP contribution in [-0.2, 0) is 0 Å². The molecule has 104 valence electrons. The molecule has 1 aromatic carbocycles. The fourth-order valence-electron chi connectivity index (χ4n) is 2.78. The monoisotopic (exact) mass is 269 g/mol. The third-order valence-electron chi connectivity index (χ3n) is 4.05. The number of likely N-dealkylation sites (N-methyl/N-ethyl adjacent to an activating group) is 2. The summed E-state index contributed by atoms with van der Waals surface area (Å²) in [5, 5.41) is 1.02. The van der Waals surface area contributed by atoms with E-state index in [2.05, 4.69) is 21.8 Å². The molecular formula is C16H19N3O. The molecule has 2 aromatic rings. The van der Waals surface area contributed by atoms with Crippen molar-refractivity contribution in [3.63, 3.8) is 0 Å². The first kappa shape index (κ1) is 13.2. The highest BCUT2D eigenvalue weighted by Gasteiger charge is 2.30. The van der Waals surface area contributed by atoms with Gasteiger partial charge in [-0.1, -0.05) is 18.2 Å². The maximum atomic E-state index is 12.9. The first-order valence-corrected chi connectivity index (χ1v) is 6.93. The lowest BCUT2D eigenvalue weighted by molar-refractivity contribution is 0.0688. The van der Waals surface area contributed by atoms with E-state index in [1.165, 1.54) is 0 Å². The summed E-state index contributed by atoms with van der Waals surface area (Å²) in [6, 6.07) is 9.63. The zero-order valence-electron chi connectivity index (χ0n) is 11.9. The highest BCUT2D eigenvalue weighted by atomic mass is 16.1. The Hall–Kier alpha value is -1.78. The fraction of sp³-hybridized carbons (Fsp3) is 0.375. The van der Waals surface area contributed by atoms with Gasteiger partial charge in [0.1, 0.15) is 0 Å². The third-order valence-corrected chi connectivity index (χ3v) is 4.05. The predicted molar refractivity (Wildman–Crippen MR) is 80.0 cm³/mol. The maximum absolute atomic E-state index is 12.9. The van der Waals surface area contributed by atoms with Crippen LogP contribution in [-0.4, -0.2) is 60.3 Å². The molecule has 0 aliphatic carbocycles. The minimum atomic E-state index is -0.0821. The fourth-order valence-corrected chi connectivity index (χ4v) is 2.78. The van der Waals surface area contributed by atoms with Crippen LogP contribution in [0.5, 0.6) is 0 Å². The molecule has 0 saturated carbocycles. The largest absolute Gasteiger partial charge is 0.303 e. The second-order valence-corrected chi connectivity index (χ2v) is 5.50. The molecule has 1 atom stereocenters. The molecule has 1 saturated heterocycles. The van der Waals surface area contributed by atoms with Gasteiger partial charge < -0.3 is 4.90 Å². The number of hydrogen-bond acceptors (Lipinski definition) is 4. The zero-order chi connectivity index (χ0) is 14.1. The first-order chi connectivity index (χ1) is 9.66. The van der Waals surface area contributed by atoms with Gasteiger partial charge in [0, 0.05) is 36.8 Å². The van der Waals surface area contributed by atoms with Crippen LogP contribution >= 0.6 is 0 Å². The van der Waals surface area contributed by atoms with E-state index in [-0.39, 0.29) is 11.8 Å². The molecule has 0 radical (unpaired) electrons. The van der Waals surface area contributed by atoms with E-state index in [4.69, 9.17) is 0 Å². The Bertz CT molecular complexity index is 635. The molecule has 20 heavy (non-hydrogen) atoms. The van der Waals surface area contributed by atoms with Crippen molar-refractivity contribution >= 4 is 16.7 Å². The van der Waals surface area contributed by atoms with Crippen LogP contribution in [0.15, 0.2) is 36.5 Å². The molecule has 0 N–H and O–H groups in total. The van der Waals surface area contributed by atoms with Crippen molar-refractivity contribution in [1.29, 1.82) is 0 Å². The van der Waals surface area contributed by atoms with Gasteiger partial charge in [-0.25, -0.2) is 0 Å². The number of fused-ring (bicyclic) bond motifs is 1. The van der Waals surface area contributed by atoms with Crippen molar-refractivity contribution in [2.75, 3.05) is 33.7 Å². The topological polar surface area (TPSA) is 36.4 Å². The Labute approximate surface area is 119 Å². The van der Waals surface area contributed by atoms with Gasteiger partial charge in [-0.3, -0.25) is 14.7 Å². The highest BCUT2D eigenvalue weighted by molar-refractivity contribution is 6.09. The molecule has 0 bridgehead atoms. The molecule has 1 aliphatic heterocycles. The van der Waals surface area contributed by atoms with Gasteiger partial charge in [0.05, 0.1) is 11.6 Å². The predicted octanol–water partition coefficient (Wildman–Crippen LogP) is 1.66. The van der Waals surface area contributed by atoms with Gasteiger partial charge in [-0.05, 0) is 26.2 Å². The number of aromatic nitrogens is 1. The number of para-hydroxylation sites is 1. The average molecular weight is 269 g/mol. The number of Topliss-reactive ketones (excluding diaryl/α,β-unsaturated/α-hetero) is 1. The maximum Gasteiger partial charge on any atom is 0.183 e. The minimum absolute atomic E-state index is 0.0821. The summed E-state index contributed by atoms with van der Waals surface area (Å²) < 4.78 is 0. The summed E-state index contributed by atoms with van der Waals surface area (Å²) in [5.41, 5.74) is 1.54. The van der Waals surface area contributed by atoms with Crippen LogP contribution in [0.2, 0.25) is 0 Å². The van der Waals surface area contributed by atoms with E-state index in [1.807, 2.05) is 37.4 Å². The third kappa shape index (κ3) is 2.32. The van der Waals surface area contributed by atoms with Crippen molar-refractivity contribution < 1.29 is 4.79 Å². The van der Waals surface area contributed by atoms with Crippen LogP contribution < -0.4 is 0 Å². The number of hydrogen-bond donors (Lipinski definition) is 0. The van der Waals surface area contributed by atoms with E-state index in [9.17, 15) is 4.79 Å². The molecule has 1 fully saturated rings. The van der Waals surface area contributed by atoms with Gasteiger partial charge >= 0.3 is 0 Å². The number of benzene rings is 1. The van der Waals surface area contributed by atoms with E-state index >= 15 is 0 Å². The van der Waals surface area contributed by atoms with Gasteiger partial charge in [-0.15, -0.1) is 0 Å². The summed E-state index contributed by atoms with van der Waals surface area (Å²) in [6.45, 7) is 2.71. The van der Waals surface area contributed by atoms with Crippen molar-refractivity contribution in [2.45, 2.75) is 6.04 Å². The van der Waals surface area contributed by atoms with Gasteiger partial charge in [0.2, 0.25) is 0 Å². The Morgan fingerprint density at radius 3 is 2.85 bits per heavy atom. The molecule has 1 unspecified atom stereocenters. The Morgan fingerprint density at radius 2 is 2.00 bits per heavy atom. The van der Waals surface area contributed by atoms with Crippen molar-refractivity contribution in [1.82, 2.24) is 14.8 Å². The summed E-state index contributed by atoms with van der Waals surface area (Å²) >= 11 is 0. The number of carbonyl (C=O) groups excluding carboxylic acids is 1. The molecular weight excluding hydrogens is 250 g/mol. The molecule has 1 aliphatic rings. The van der Waals surface area contributed by atoms with Crippen molar-refractivity contribution in [2.24, 2.45) is 0 Å². The lowest BCUT2D eigenvalue weighted by Gasteiger charge is -2.36. The molecule has 1 aromatic heterocycles.